The maximum atomic E-state index is 13.1. The molecule has 4 aromatic rings. The number of benzene rings is 2. The first-order valence-electron chi connectivity index (χ1n) is 11.1. The molecule has 1 saturated heterocycles. The van der Waals surface area contributed by atoms with Gasteiger partial charge in [-0.05, 0) is 38.1 Å². The van der Waals surface area contributed by atoms with Crippen molar-refractivity contribution in [3.63, 3.8) is 0 Å². The second-order valence-corrected chi connectivity index (χ2v) is 8.65. The predicted octanol–water partition coefficient (Wildman–Crippen LogP) is 3.87. The zero-order chi connectivity index (χ0) is 21.8. The number of aryl methyl sites for hydroxylation is 1. The van der Waals surface area contributed by atoms with Gasteiger partial charge in [0, 0.05) is 59.8 Å². The van der Waals surface area contributed by atoms with Crippen molar-refractivity contribution < 1.29 is 11.0 Å². The van der Waals surface area contributed by atoms with Gasteiger partial charge in [-0.3, -0.25) is 14.9 Å². The number of carbonyl (C=O) groups excluding carboxylic acids is 2. The van der Waals surface area contributed by atoms with Crippen LogP contribution in [0.1, 0.15) is 31.4 Å². The molecule has 0 radical (unpaired) electrons. The van der Waals surface area contributed by atoms with Gasteiger partial charge < -0.3 is 14.5 Å². The molecule has 2 aromatic heterocycles. The summed E-state index contributed by atoms with van der Waals surface area (Å²) in [5.74, 6) is -0.661. The number of para-hydroxylation sites is 2. The quantitative estimate of drug-likeness (QED) is 0.489. The molecule has 2 aliphatic rings. The second kappa shape index (κ2) is 7.21. The summed E-state index contributed by atoms with van der Waals surface area (Å²) >= 11 is 0. The van der Waals surface area contributed by atoms with Gasteiger partial charge in [0.25, 0.3) is 11.8 Å². The molecule has 0 unspecified atom stereocenters. The molecule has 162 valence electrons. The minimum Gasteiger partial charge on any atom is -0.350 e. The van der Waals surface area contributed by atoms with E-state index in [-0.39, 0.29) is 13.2 Å². The van der Waals surface area contributed by atoms with Crippen LogP contribution in [0.3, 0.4) is 0 Å². The van der Waals surface area contributed by atoms with Gasteiger partial charge in [-0.2, -0.15) is 0 Å². The summed E-state index contributed by atoms with van der Waals surface area (Å²) in [6, 6.07) is 16.5. The molecular weight excluding hydrogens is 400 g/mol. The molecular formula is C26H26N4O2. The van der Waals surface area contributed by atoms with Gasteiger partial charge in [0.05, 0.1) is 11.1 Å². The predicted molar refractivity (Wildman–Crippen MR) is 128 cm³/mol. The average Bonchev–Trinajstić information content (AvgIpc) is 3.45. The average molecular weight is 427 g/mol. The van der Waals surface area contributed by atoms with E-state index >= 15 is 0 Å². The number of amides is 2. The fourth-order valence-corrected chi connectivity index (χ4v) is 5.30. The Morgan fingerprint density at radius 2 is 1.38 bits per heavy atom. The van der Waals surface area contributed by atoms with Crippen LogP contribution in [0.2, 0.25) is 0 Å². The van der Waals surface area contributed by atoms with Crippen molar-refractivity contribution in [2.24, 2.45) is 7.05 Å². The molecule has 0 aliphatic carbocycles. The summed E-state index contributed by atoms with van der Waals surface area (Å²) in [5.41, 5.74) is 4.67. The first-order valence-corrected chi connectivity index (χ1v) is 11.1. The maximum absolute atomic E-state index is 13.1. The summed E-state index contributed by atoms with van der Waals surface area (Å²) in [6.07, 6.45) is 6.11. The van der Waals surface area contributed by atoms with Gasteiger partial charge >= 0.3 is 0 Å². The van der Waals surface area contributed by atoms with Crippen molar-refractivity contribution in [1.82, 2.24) is 19.8 Å². The van der Waals surface area contributed by atoms with Gasteiger partial charge in [0.1, 0.15) is 0 Å². The SMILES string of the molecule is Cn1cc(C2=C(c3cn(C4CCNCC4)c4ccccc34)C(=O)NC2=O)c2ccccc21.[HH]. The Labute approximate surface area is 187 Å². The smallest absolute Gasteiger partial charge is 0.259 e. The van der Waals surface area contributed by atoms with Crippen LogP contribution in [0.5, 0.6) is 0 Å². The molecule has 0 bridgehead atoms. The number of carbonyl (C=O) groups is 2. The molecule has 6 nitrogen and oxygen atoms in total. The van der Waals surface area contributed by atoms with Crippen molar-refractivity contribution in [2.45, 2.75) is 18.9 Å². The lowest BCUT2D eigenvalue weighted by Gasteiger charge is -2.25. The molecule has 4 heterocycles. The van der Waals surface area contributed by atoms with Crippen LogP contribution in [0.25, 0.3) is 33.0 Å². The van der Waals surface area contributed by atoms with E-state index in [1.165, 1.54) is 0 Å². The molecule has 1 fully saturated rings. The highest BCUT2D eigenvalue weighted by Crippen LogP contribution is 2.40. The fourth-order valence-electron chi connectivity index (χ4n) is 5.30. The van der Waals surface area contributed by atoms with E-state index in [1.54, 1.807) is 0 Å². The third kappa shape index (κ3) is 2.76. The van der Waals surface area contributed by atoms with Crippen molar-refractivity contribution in [1.29, 1.82) is 0 Å². The lowest BCUT2D eigenvalue weighted by molar-refractivity contribution is -0.122. The number of fused-ring (bicyclic) bond motifs is 2. The van der Waals surface area contributed by atoms with Crippen LogP contribution < -0.4 is 10.6 Å². The lowest BCUT2D eigenvalue weighted by Crippen LogP contribution is -2.29. The van der Waals surface area contributed by atoms with Crippen molar-refractivity contribution in [3.8, 4) is 0 Å². The fraction of sp³-hybridized carbons (Fsp3) is 0.231. The highest BCUT2D eigenvalue weighted by atomic mass is 16.2. The molecule has 0 spiro atoms. The second-order valence-electron chi connectivity index (χ2n) is 8.65. The number of nitrogens with one attached hydrogen (secondary N) is 2. The van der Waals surface area contributed by atoms with E-state index in [0.717, 1.165) is 58.9 Å². The number of rotatable bonds is 3. The Morgan fingerprint density at radius 3 is 2.06 bits per heavy atom. The monoisotopic (exact) mass is 426 g/mol. The van der Waals surface area contributed by atoms with Crippen LogP contribution >= 0.6 is 0 Å². The number of hydrogen-bond donors (Lipinski definition) is 2. The minimum absolute atomic E-state index is 0. The first-order chi connectivity index (χ1) is 15.6. The number of nitrogens with zero attached hydrogens (tertiary/aromatic N) is 2. The van der Waals surface area contributed by atoms with E-state index in [4.69, 9.17) is 0 Å². The highest BCUT2D eigenvalue weighted by Gasteiger charge is 2.35. The van der Waals surface area contributed by atoms with Crippen LogP contribution in [-0.4, -0.2) is 34.0 Å². The van der Waals surface area contributed by atoms with Crippen molar-refractivity contribution in [3.05, 3.63) is 72.1 Å². The number of aromatic nitrogens is 2. The Balaban J connectivity index is 0.00000228. The Kier molecular flexibility index (Phi) is 4.30. The third-order valence-electron chi connectivity index (χ3n) is 6.81. The van der Waals surface area contributed by atoms with Gasteiger partial charge in [-0.15, -0.1) is 0 Å². The van der Waals surface area contributed by atoms with Crippen LogP contribution in [-0.2, 0) is 16.6 Å². The van der Waals surface area contributed by atoms with Crippen molar-refractivity contribution >= 4 is 44.8 Å². The molecule has 2 aromatic carbocycles. The van der Waals surface area contributed by atoms with E-state index in [2.05, 4.69) is 27.5 Å². The number of piperidine rings is 1. The molecule has 6 heteroatoms. The molecule has 0 saturated carbocycles. The third-order valence-corrected chi connectivity index (χ3v) is 6.81. The number of hydrogen-bond acceptors (Lipinski definition) is 3. The van der Waals surface area contributed by atoms with Crippen LogP contribution in [0.15, 0.2) is 60.9 Å². The summed E-state index contributed by atoms with van der Waals surface area (Å²) < 4.78 is 4.30. The van der Waals surface area contributed by atoms with E-state index in [1.807, 2.05) is 60.3 Å². The summed E-state index contributed by atoms with van der Waals surface area (Å²) in [7, 11) is 1.96. The summed E-state index contributed by atoms with van der Waals surface area (Å²) in [4.78, 5) is 26.2. The Bertz CT molecular complexity index is 1440. The normalized spacial score (nSPS) is 17.7. The van der Waals surface area contributed by atoms with E-state index in [0.29, 0.717) is 17.2 Å². The highest BCUT2D eigenvalue weighted by molar-refractivity contribution is 6.50. The molecule has 6 rings (SSSR count). The van der Waals surface area contributed by atoms with Crippen molar-refractivity contribution in [2.75, 3.05) is 13.1 Å². The van der Waals surface area contributed by atoms with Gasteiger partial charge in [0.2, 0.25) is 0 Å². The largest absolute Gasteiger partial charge is 0.350 e. The van der Waals surface area contributed by atoms with Gasteiger partial charge in [0.15, 0.2) is 0 Å². The first kappa shape index (κ1) is 19.1. The molecule has 32 heavy (non-hydrogen) atoms. The molecule has 2 amide bonds. The van der Waals surface area contributed by atoms with E-state index < -0.39 is 0 Å². The molecule has 0 atom stereocenters. The standard InChI is InChI=1S/C26H24N4O2.H2/c1-29-14-19(17-6-2-4-8-21(17)29)23-24(26(32)28-25(23)31)20-15-30(16-10-12-27-13-11-16)22-9-5-3-7-18(20)22;/h2-9,14-16,27H,10-13H2,1H3,(H,28,31,32);1H. The Hall–Kier alpha value is -3.64. The van der Waals surface area contributed by atoms with E-state index in [9.17, 15) is 9.59 Å². The van der Waals surface area contributed by atoms with Gasteiger partial charge in [-0.25, -0.2) is 0 Å². The zero-order valence-corrected chi connectivity index (χ0v) is 17.9. The summed E-state index contributed by atoms with van der Waals surface area (Å²) in [6.45, 7) is 1.96. The maximum Gasteiger partial charge on any atom is 0.259 e. The summed E-state index contributed by atoms with van der Waals surface area (Å²) in [5, 5.41) is 7.95. The van der Waals surface area contributed by atoms with Crippen LogP contribution in [0, 0.1) is 0 Å². The topological polar surface area (TPSA) is 68.1 Å². The minimum atomic E-state index is -0.333. The zero-order valence-electron chi connectivity index (χ0n) is 17.9. The lowest BCUT2D eigenvalue weighted by atomic mass is 9.95. The Morgan fingerprint density at radius 1 is 0.812 bits per heavy atom. The van der Waals surface area contributed by atoms with Crippen LogP contribution in [0.4, 0.5) is 0 Å². The number of imide groups is 1. The molecule has 2 N–H and O–H groups in total. The van der Waals surface area contributed by atoms with Gasteiger partial charge in [-0.1, -0.05) is 36.4 Å². The molecule has 2 aliphatic heterocycles.